The molecular formula is C21H15AlF6O. The Bertz CT molecular complexity index is 1040. The van der Waals surface area contributed by atoms with E-state index in [1.54, 1.807) is 0 Å². The van der Waals surface area contributed by atoms with Gasteiger partial charge in [0.15, 0.2) is 11.6 Å². The lowest BCUT2D eigenvalue weighted by Crippen LogP contribution is -2.57. The van der Waals surface area contributed by atoms with Gasteiger partial charge in [0.1, 0.15) is 29.1 Å². The van der Waals surface area contributed by atoms with E-state index in [9.17, 15) is 22.0 Å². The quantitative estimate of drug-likeness (QED) is 0.459. The van der Waals surface area contributed by atoms with Crippen LogP contribution in [0.2, 0.25) is 0 Å². The fraction of sp³-hybridized carbons (Fsp3) is 0.143. The Hall–Kier alpha value is -2.43. The van der Waals surface area contributed by atoms with Crippen LogP contribution in [0.3, 0.4) is 0 Å². The molecular weight excluding hydrogens is 409 g/mol. The smallest absolute Gasteiger partial charge is 0.402 e. The molecule has 3 aromatic rings. The summed E-state index contributed by atoms with van der Waals surface area (Å²) in [4.78, 5) is 0. The normalized spacial score (nSPS) is 10.9. The predicted octanol–water partition coefficient (Wildman–Crippen LogP) is 3.66. The van der Waals surface area contributed by atoms with Crippen molar-refractivity contribution < 1.29 is 31.1 Å². The molecule has 8 heteroatoms. The van der Waals surface area contributed by atoms with E-state index in [1.807, 2.05) is 0 Å². The molecule has 0 heterocycles. The molecule has 150 valence electrons. The summed E-state index contributed by atoms with van der Waals surface area (Å²) in [5, 5.41) is 0. The van der Waals surface area contributed by atoms with Gasteiger partial charge in [0.2, 0.25) is 0 Å². The van der Waals surface area contributed by atoms with Crippen molar-refractivity contribution in [3.8, 4) is 5.75 Å². The summed E-state index contributed by atoms with van der Waals surface area (Å²) >= 11 is -3.52. The molecule has 0 aliphatic heterocycles. The minimum Gasteiger partial charge on any atom is -0.494 e. The van der Waals surface area contributed by atoms with Crippen LogP contribution in [0, 0.1) is 48.8 Å². The van der Waals surface area contributed by atoms with E-state index in [-0.39, 0.29) is 25.7 Å². The lowest BCUT2D eigenvalue weighted by Gasteiger charge is -2.19. The van der Waals surface area contributed by atoms with Crippen molar-refractivity contribution in [1.29, 1.82) is 0 Å². The van der Waals surface area contributed by atoms with Gasteiger partial charge in [0.05, 0.1) is 7.11 Å². The van der Waals surface area contributed by atoms with Gasteiger partial charge in [-0.1, -0.05) is 21.0 Å². The largest absolute Gasteiger partial charge is 0.494 e. The second-order valence-electron chi connectivity index (χ2n) is 6.66. The minimum atomic E-state index is -3.52. The van der Waals surface area contributed by atoms with Crippen LogP contribution < -0.4 is 18.0 Å². The second kappa shape index (κ2) is 8.13. The van der Waals surface area contributed by atoms with Crippen LogP contribution in [0.5, 0.6) is 5.75 Å². The SMILES string of the molecule is COc1ccc(F)[c]([Al]([c]2cc(C)c(F)cc2F)[c]2cc(C)c(F)cc2F)c1F. The highest BCUT2D eigenvalue weighted by Gasteiger charge is 2.37. The highest BCUT2D eigenvalue weighted by atomic mass is 27.2. The Morgan fingerprint density at radius 3 is 1.59 bits per heavy atom. The third-order valence-electron chi connectivity index (χ3n) is 4.78. The van der Waals surface area contributed by atoms with Crippen molar-refractivity contribution in [2.24, 2.45) is 0 Å². The summed E-state index contributed by atoms with van der Waals surface area (Å²) in [7, 11) is 1.17. The standard InChI is InChI=1S/C7H5F2O.2C7H5F2.Al/c1-10-7-3-2-5(8)4-6(7)9;2*1-5-2-3-6(8)4-7(5)9;/h2-3H,1H3;2*2,4H,1H3;. The van der Waals surface area contributed by atoms with Gasteiger partial charge >= 0.3 is 14.1 Å². The molecule has 0 radical (unpaired) electrons. The number of rotatable bonds is 4. The van der Waals surface area contributed by atoms with Crippen LogP contribution >= 0.6 is 0 Å². The van der Waals surface area contributed by atoms with Gasteiger partial charge < -0.3 is 4.74 Å². The van der Waals surface area contributed by atoms with Crippen molar-refractivity contribution in [1.82, 2.24) is 0 Å². The molecule has 0 amide bonds. The Labute approximate surface area is 167 Å². The van der Waals surface area contributed by atoms with Crippen LogP contribution in [0.25, 0.3) is 0 Å². The first-order chi connectivity index (χ1) is 13.6. The van der Waals surface area contributed by atoms with Crippen LogP contribution in [0.4, 0.5) is 26.3 Å². The molecule has 29 heavy (non-hydrogen) atoms. The Morgan fingerprint density at radius 2 is 1.14 bits per heavy atom. The van der Waals surface area contributed by atoms with Gasteiger partial charge in [-0.3, -0.25) is 0 Å². The van der Waals surface area contributed by atoms with Crippen molar-refractivity contribution in [2.45, 2.75) is 13.8 Å². The highest BCUT2D eigenvalue weighted by molar-refractivity contribution is 6.95. The molecule has 0 fully saturated rings. The number of hydrogen-bond acceptors (Lipinski definition) is 1. The molecule has 0 bridgehead atoms. The number of halogens is 6. The van der Waals surface area contributed by atoms with Gasteiger partial charge in [-0.05, 0) is 41.5 Å². The van der Waals surface area contributed by atoms with Gasteiger partial charge in [-0.15, -0.1) is 0 Å². The second-order valence-corrected chi connectivity index (χ2v) is 9.34. The van der Waals surface area contributed by atoms with Gasteiger partial charge in [0.25, 0.3) is 0 Å². The summed E-state index contributed by atoms with van der Waals surface area (Å²) in [5.41, 5.74) is 0.0590. The molecule has 3 aromatic carbocycles. The van der Waals surface area contributed by atoms with E-state index in [4.69, 9.17) is 4.74 Å². The number of hydrogen-bond donors (Lipinski definition) is 0. The minimum absolute atomic E-state index is 0.0295. The molecule has 0 N–H and O–H groups in total. The molecule has 0 saturated carbocycles. The maximum Gasteiger partial charge on any atom is 0.402 e. The monoisotopic (exact) mass is 424 g/mol. The fourth-order valence-electron chi connectivity index (χ4n) is 3.25. The Morgan fingerprint density at radius 1 is 0.655 bits per heavy atom. The summed E-state index contributed by atoms with van der Waals surface area (Å²) in [6.07, 6.45) is 0. The highest BCUT2D eigenvalue weighted by Crippen LogP contribution is 2.18. The molecule has 3 rings (SSSR count). The zero-order chi connectivity index (χ0) is 21.5. The molecule has 0 atom stereocenters. The third kappa shape index (κ3) is 3.87. The van der Waals surface area contributed by atoms with E-state index in [1.165, 1.54) is 21.0 Å². The maximum absolute atomic E-state index is 15.1. The van der Waals surface area contributed by atoms with Crippen molar-refractivity contribution in [3.63, 3.8) is 0 Å². The summed E-state index contributed by atoms with van der Waals surface area (Å²) < 4.78 is 90.7. The van der Waals surface area contributed by atoms with E-state index in [0.717, 1.165) is 24.3 Å². The molecule has 0 saturated heterocycles. The lowest BCUT2D eigenvalue weighted by atomic mass is 10.2. The Balaban J connectivity index is 2.42. The number of ether oxygens (including phenoxy) is 1. The van der Waals surface area contributed by atoms with Gasteiger partial charge in [-0.25, -0.2) is 26.3 Å². The molecule has 0 aliphatic rings. The summed E-state index contributed by atoms with van der Waals surface area (Å²) in [6.45, 7) is 2.71. The maximum atomic E-state index is 15.1. The van der Waals surface area contributed by atoms with E-state index < -0.39 is 53.5 Å². The first kappa shape index (κ1) is 21.3. The van der Waals surface area contributed by atoms with Crippen molar-refractivity contribution >= 4 is 27.4 Å². The topological polar surface area (TPSA) is 9.23 Å². The average molecular weight is 424 g/mol. The molecule has 0 aromatic heterocycles. The molecule has 0 unspecified atom stereocenters. The van der Waals surface area contributed by atoms with Crippen LogP contribution in [0.15, 0.2) is 36.4 Å². The van der Waals surface area contributed by atoms with Gasteiger partial charge in [-0.2, -0.15) is 0 Å². The predicted molar refractivity (Wildman–Crippen MR) is 99.8 cm³/mol. The zero-order valence-corrected chi connectivity index (χ0v) is 16.9. The number of aryl methyl sites for hydroxylation is 2. The first-order valence-corrected chi connectivity index (χ1v) is 10.3. The van der Waals surface area contributed by atoms with Crippen LogP contribution in [0.1, 0.15) is 11.1 Å². The molecule has 0 aliphatic carbocycles. The third-order valence-corrected chi connectivity index (χ3v) is 8.01. The van der Waals surface area contributed by atoms with Crippen LogP contribution in [-0.2, 0) is 0 Å². The average Bonchev–Trinajstić information content (AvgIpc) is 2.65. The van der Waals surface area contributed by atoms with E-state index in [2.05, 4.69) is 0 Å². The Kier molecular flexibility index (Phi) is 5.97. The number of methoxy groups -OCH3 is 1. The number of benzene rings is 3. The van der Waals surface area contributed by atoms with Crippen molar-refractivity contribution in [2.75, 3.05) is 7.11 Å². The fourth-order valence-corrected chi connectivity index (χ4v) is 6.53. The van der Waals surface area contributed by atoms with E-state index >= 15 is 4.39 Å². The van der Waals surface area contributed by atoms with Crippen LogP contribution in [-0.4, -0.2) is 21.3 Å². The molecule has 0 spiro atoms. The van der Waals surface area contributed by atoms with Gasteiger partial charge in [0, 0.05) is 12.1 Å². The van der Waals surface area contributed by atoms with E-state index in [0.29, 0.717) is 12.1 Å². The summed E-state index contributed by atoms with van der Waals surface area (Å²) in [6, 6.07) is 5.39. The summed E-state index contributed by atoms with van der Waals surface area (Å²) in [5.74, 6) is -6.25. The first-order valence-electron chi connectivity index (χ1n) is 8.58. The van der Waals surface area contributed by atoms with Crippen molar-refractivity contribution in [3.05, 3.63) is 82.4 Å². The lowest BCUT2D eigenvalue weighted by molar-refractivity contribution is 0.386. The molecule has 1 nitrogen and oxygen atoms in total. The zero-order valence-electron chi connectivity index (χ0n) is 15.7.